The van der Waals surface area contributed by atoms with Crippen LogP contribution < -0.4 is 4.74 Å². The lowest BCUT2D eigenvalue weighted by atomic mass is 10.2. The van der Waals surface area contributed by atoms with Crippen LogP contribution in [-0.4, -0.2) is 4.92 Å². The molecule has 2 aromatic rings. The second-order valence-corrected chi connectivity index (χ2v) is 3.85. The Bertz CT molecular complexity index is 772. The predicted octanol–water partition coefficient (Wildman–Crippen LogP) is 3.68. The molecule has 8 heteroatoms. The van der Waals surface area contributed by atoms with Crippen molar-refractivity contribution >= 4 is 5.69 Å². The van der Waals surface area contributed by atoms with E-state index in [9.17, 15) is 23.3 Å². The molecule has 106 valence electrons. The van der Waals surface area contributed by atoms with E-state index in [0.717, 1.165) is 12.1 Å². The maximum absolute atomic E-state index is 13.6. The highest BCUT2D eigenvalue weighted by Crippen LogP contribution is 2.31. The Morgan fingerprint density at radius 1 is 1.05 bits per heavy atom. The van der Waals surface area contributed by atoms with Gasteiger partial charge in [-0.3, -0.25) is 10.1 Å². The number of nitriles is 1. The van der Waals surface area contributed by atoms with Crippen LogP contribution in [0.25, 0.3) is 0 Å². The smallest absolute Gasteiger partial charge is 0.307 e. The van der Waals surface area contributed by atoms with Gasteiger partial charge < -0.3 is 4.74 Å². The lowest BCUT2D eigenvalue weighted by Gasteiger charge is -2.08. The van der Waals surface area contributed by atoms with Gasteiger partial charge >= 0.3 is 5.69 Å². The molecule has 0 aliphatic carbocycles. The van der Waals surface area contributed by atoms with Gasteiger partial charge in [0, 0.05) is 6.07 Å². The Morgan fingerprint density at radius 2 is 1.71 bits per heavy atom. The zero-order valence-electron chi connectivity index (χ0n) is 10.1. The van der Waals surface area contributed by atoms with E-state index in [4.69, 9.17) is 10.00 Å². The molecule has 0 spiro atoms. The minimum absolute atomic E-state index is 0.0233. The van der Waals surface area contributed by atoms with Crippen molar-refractivity contribution in [2.45, 2.75) is 0 Å². The number of nitro benzene ring substituents is 1. The van der Waals surface area contributed by atoms with Gasteiger partial charge in [-0.15, -0.1) is 0 Å². The van der Waals surface area contributed by atoms with E-state index in [1.807, 2.05) is 0 Å². The molecule has 0 aliphatic rings. The van der Waals surface area contributed by atoms with Crippen LogP contribution in [-0.2, 0) is 0 Å². The maximum atomic E-state index is 13.6. The van der Waals surface area contributed by atoms with Crippen molar-refractivity contribution in [3.05, 3.63) is 63.5 Å². The fourth-order valence-corrected chi connectivity index (χ4v) is 1.51. The van der Waals surface area contributed by atoms with Crippen LogP contribution in [0.3, 0.4) is 0 Å². The van der Waals surface area contributed by atoms with Gasteiger partial charge in [0.05, 0.1) is 22.6 Å². The first-order valence-corrected chi connectivity index (χ1v) is 5.43. The standard InChI is InChI=1S/C13H5F3N2O3/c14-8-5-13(10(16)4-11(8)18(19)20)21-12-2-1-7(6-17)3-9(12)15/h1-5H. The molecule has 21 heavy (non-hydrogen) atoms. The fourth-order valence-electron chi connectivity index (χ4n) is 1.51. The van der Waals surface area contributed by atoms with Crippen LogP contribution in [0, 0.1) is 38.9 Å². The second kappa shape index (κ2) is 5.50. The average molecular weight is 294 g/mol. The monoisotopic (exact) mass is 294 g/mol. The minimum Gasteiger partial charge on any atom is -0.451 e. The molecule has 0 unspecified atom stereocenters. The number of nitrogens with zero attached hydrogens (tertiary/aromatic N) is 2. The van der Waals surface area contributed by atoms with E-state index in [2.05, 4.69) is 0 Å². The molecule has 0 atom stereocenters. The first-order chi connectivity index (χ1) is 9.92. The summed E-state index contributed by atoms with van der Waals surface area (Å²) < 4.78 is 45.4. The number of nitro groups is 1. The summed E-state index contributed by atoms with van der Waals surface area (Å²) in [6, 6.07) is 5.62. The van der Waals surface area contributed by atoms with Crippen molar-refractivity contribution in [1.29, 1.82) is 5.26 Å². The number of hydrogen-bond acceptors (Lipinski definition) is 4. The number of ether oxygens (including phenoxy) is 1. The summed E-state index contributed by atoms with van der Waals surface area (Å²) in [5, 5.41) is 19.0. The SMILES string of the molecule is N#Cc1ccc(Oc2cc(F)c([N+](=O)[O-])cc2F)c(F)c1. The molecule has 0 fully saturated rings. The molecular weight excluding hydrogens is 289 g/mol. The molecule has 2 rings (SSSR count). The molecule has 5 nitrogen and oxygen atoms in total. The Kier molecular flexibility index (Phi) is 3.75. The Morgan fingerprint density at radius 3 is 2.29 bits per heavy atom. The Balaban J connectivity index is 2.39. The number of hydrogen-bond donors (Lipinski definition) is 0. The summed E-state index contributed by atoms with van der Waals surface area (Å²) in [7, 11) is 0. The second-order valence-electron chi connectivity index (χ2n) is 3.85. The van der Waals surface area contributed by atoms with Gasteiger partial charge in [0.25, 0.3) is 0 Å². The van der Waals surface area contributed by atoms with E-state index in [0.29, 0.717) is 12.1 Å². The highest BCUT2D eigenvalue weighted by molar-refractivity contribution is 5.43. The lowest BCUT2D eigenvalue weighted by Crippen LogP contribution is -1.97. The highest BCUT2D eigenvalue weighted by atomic mass is 19.1. The van der Waals surface area contributed by atoms with Crippen molar-refractivity contribution in [3.63, 3.8) is 0 Å². The first kappa shape index (κ1) is 14.3. The molecule has 0 saturated carbocycles. The van der Waals surface area contributed by atoms with Crippen molar-refractivity contribution < 1.29 is 22.8 Å². The molecule has 0 heterocycles. The van der Waals surface area contributed by atoms with Crippen LogP contribution in [0.1, 0.15) is 5.56 Å². The summed E-state index contributed by atoms with van der Waals surface area (Å²) in [6.07, 6.45) is 0. The quantitative estimate of drug-likeness (QED) is 0.639. The number of rotatable bonds is 3. The van der Waals surface area contributed by atoms with Gasteiger partial charge in [0.2, 0.25) is 5.82 Å². The van der Waals surface area contributed by atoms with E-state index >= 15 is 0 Å². The lowest BCUT2D eigenvalue weighted by molar-refractivity contribution is -0.387. The topological polar surface area (TPSA) is 76.2 Å². The molecule has 0 amide bonds. The summed E-state index contributed by atoms with van der Waals surface area (Å²) in [5.41, 5.74) is -1.03. The Labute approximate surface area is 116 Å². The summed E-state index contributed by atoms with van der Waals surface area (Å²) in [4.78, 5) is 9.34. The molecule has 0 radical (unpaired) electrons. The van der Waals surface area contributed by atoms with Gasteiger partial charge in [-0.2, -0.15) is 9.65 Å². The van der Waals surface area contributed by atoms with Gasteiger partial charge in [-0.1, -0.05) is 0 Å². The first-order valence-electron chi connectivity index (χ1n) is 5.43. The maximum Gasteiger partial charge on any atom is 0.307 e. The molecule has 2 aromatic carbocycles. The van der Waals surface area contributed by atoms with Gasteiger partial charge in [-0.25, -0.2) is 8.78 Å². The zero-order chi connectivity index (χ0) is 15.6. The number of halogens is 3. The minimum atomic E-state index is -1.31. The summed E-state index contributed by atoms with van der Waals surface area (Å²) in [5.74, 6) is -4.63. The van der Waals surface area contributed by atoms with E-state index in [1.165, 1.54) is 6.07 Å². The van der Waals surface area contributed by atoms with Gasteiger partial charge in [0.1, 0.15) is 0 Å². The predicted molar refractivity (Wildman–Crippen MR) is 64.2 cm³/mol. The van der Waals surface area contributed by atoms with E-state index in [1.54, 1.807) is 6.07 Å². The zero-order valence-corrected chi connectivity index (χ0v) is 10.1. The van der Waals surface area contributed by atoms with Crippen LogP contribution in [0.2, 0.25) is 0 Å². The Hall–Kier alpha value is -3.08. The molecule has 0 bridgehead atoms. The van der Waals surface area contributed by atoms with E-state index in [-0.39, 0.29) is 5.56 Å². The third-order valence-electron chi connectivity index (χ3n) is 2.48. The van der Waals surface area contributed by atoms with Crippen molar-refractivity contribution in [2.24, 2.45) is 0 Å². The van der Waals surface area contributed by atoms with Crippen molar-refractivity contribution in [2.75, 3.05) is 0 Å². The van der Waals surface area contributed by atoms with Crippen LogP contribution in [0.5, 0.6) is 11.5 Å². The van der Waals surface area contributed by atoms with Crippen LogP contribution >= 0.6 is 0 Å². The largest absolute Gasteiger partial charge is 0.451 e. The summed E-state index contributed by atoms with van der Waals surface area (Å²) in [6.45, 7) is 0. The summed E-state index contributed by atoms with van der Waals surface area (Å²) >= 11 is 0. The number of benzene rings is 2. The van der Waals surface area contributed by atoms with Gasteiger partial charge in [-0.05, 0) is 18.2 Å². The van der Waals surface area contributed by atoms with E-state index < -0.39 is 39.6 Å². The molecule has 0 saturated heterocycles. The van der Waals surface area contributed by atoms with Gasteiger partial charge in [0.15, 0.2) is 23.1 Å². The normalized spacial score (nSPS) is 10.0. The van der Waals surface area contributed by atoms with Crippen LogP contribution in [0.4, 0.5) is 18.9 Å². The highest BCUT2D eigenvalue weighted by Gasteiger charge is 2.20. The van der Waals surface area contributed by atoms with Crippen molar-refractivity contribution in [1.82, 2.24) is 0 Å². The molecule has 0 aliphatic heterocycles. The molecule has 0 N–H and O–H groups in total. The molecular formula is C13H5F3N2O3. The van der Waals surface area contributed by atoms with Crippen molar-refractivity contribution in [3.8, 4) is 17.6 Å². The third-order valence-corrected chi connectivity index (χ3v) is 2.48. The van der Waals surface area contributed by atoms with Crippen LogP contribution in [0.15, 0.2) is 30.3 Å². The fraction of sp³-hybridized carbons (Fsp3) is 0. The molecule has 0 aromatic heterocycles. The average Bonchev–Trinajstić information content (AvgIpc) is 2.44. The third kappa shape index (κ3) is 2.92.